The standard InChI is InChI=1S/C17H22N2O4S/c1-11(16(21)18-12-8-9-12)23-17(22)13-6-4-5-7-14(13)24-10-15(20)19(2)3/h4-7,11-12H,8-10H2,1-3H3,(H,18,21). The van der Waals surface area contributed by atoms with Gasteiger partial charge in [-0.3, -0.25) is 9.59 Å². The Morgan fingerprint density at radius 1 is 1.29 bits per heavy atom. The minimum absolute atomic E-state index is 0.0413. The molecule has 0 bridgehead atoms. The number of benzene rings is 1. The van der Waals surface area contributed by atoms with Crippen LogP contribution in [0.15, 0.2) is 29.2 Å². The summed E-state index contributed by atoms with van der Waals surface area (Å²) in [6, 6.07) is 7.14. The van der Waals surface area contributed by atoms with Crippen molar-refractivity contribution in [2.75, 3.05) is 19.8 Å². The summed E-state index contributed by atoms with van der Waals surface area (Å²) in [5, 5.41) is 2.81. The van der Waals surface area contributed by atoms with E-state index in [1.807, 2.05) is 0 Å². The fraction of sp³-hybridized carbons (Fsp3) is 0.471. The van der Waals surface area contributed by atoms with E-state index in [-0.39, 0.29) is 23.6 Å². The molecule has 2 rings (SSSR count). The van der Waals surface area contributed by atoms with Crippen LogP contribution < -0.4 is 5.32 Å². The van der Waals surface area contributed by atoms with Crippen molar-refractivity contribution in [1.82, 2.24) is 10.2 Å². The van der Waals surface area contributed by atoms with Crippen LogP contribution in [-0.4, -0.2) is 54.7 Å². The lowest BCUT2D eigenvalue weighted by Crippen LogP contribution is -2.37. The van der Waals surface area contributed by atoms with Crippen LogP contribution in [0.2, 0.25) is 0 Å². The highest BCUT2D eigenvalue weighted by molar-refractivity contribution is 8.00. The SMILES string of the molecule is CC(OC(=O)c1ccccc1SCC(=O)N(C)C)C(=O)NC1CC1. The summed E-state index contributed by atoms with van der Waals surface area (Å²) < 4.78 is 5.26. The van der Waals surface area contributed by atoms with Gasteiger partial charge in [-0.2, -0.15) is 0 Å². The van der Waals surface area contributed by atoms with Crippen LogP contribution in [-0.2, 0) is 14.3 Å². The summed E-state index contributed by atoms with van der Waals surface area (Å²) in [4.78, 5) is 38.1. The van der Waals surface area contributed by atoms with Gasteiger partial charge < -0.3 is 15.0 Å². The number of hydrogen-bond acceptors (Lipinski definition) is 5. The highest BCUT2D eigenvalue weighted by Gasteiger charge is 2.27. The molecular formula is C17H22N2O4S. The topological polar surface area (TPSA) is 75.7 Å². The van der Waals surface area contributed by atoms with Crippen LogP contribution in [0.1, 0.15) is 30.1 Å². The van der Waals surface area contributed by atoms with E-state index in [1.165, 1.54) is 16.7 Å². The van der Waals surface area contributed by atoms with Gasteiger partial charge in [0.15, 0.2) is 6.10 Å². The van der Waals surface area contributed by atoms with E-state index in [0.717, 1.165) is 12.8 Å². The molecule has 1 fully saturated rings. The van der Waals surface area contributed by atoms with E-state index in [9.17, 15) is 14.4 Å². The molecule has 1 aliphatic carbocycles. The molecule has 0 spiro atoms. The van der Waals surface area contributed by atoms with E-state index in [1.54, 1.807) is 45.3 Å². The normalized spacial score (nSPS) is 14.6. The zero-order valence-corrected chi connectivity index (χ0v) is 14.9. The van der Waals surface area contributed by atoms with Gasteiger partial charge in [0.25, 0.3) is 5.91 Å². The van der Waals surface area contributed by atoms with E-state index in [2.05, 4.69) is 5.32 Å². The molecule has 1 saturated carbocycles. The van der Waals surface area contributed by atoms with Crippen molar-refractivity contribution in [3.8, 4) is 0 Å². The minimum atomic E-state index is -0.848. The average molecular weight is 350 g/mol. The Kier molecular flexibility index (Phi) is 6.25. The Balaban J connectivity index is 1.97. The summed E-state index contributed by atoms with van der Waals surface area (Å²) in [5.74, 6) is -0.650. The molecule has 1 aromatic rings. The van der Waals surface area contributed by atoms with Crippen molar-refractivity contribution in [1.29, 1.82) is 0 Å². The highest BCUT2D eigenvalue weighted by Crippen LogP contribution is 2.24. The summed E-state index contributed by atoms with van der Waals surface area (Å²) in [7, 11) is 3.37. The summed E-state index contributed by atoms with van der Waals surface area (Å²) in [6.45, 7) is 1.56. The zero-order valence-electron chi connectivity index (χ0n) is 14.1. The molecule has 2 amide bonds. The zero-order chi connectivity index (χ0) is 17.7. The van der Waals surface area contributed by atoms with Gasteiger partial charge >= 0.3 is 5.97 Å². The Hall–Kier alpha value is -2.02. The maximum absolute atomic E-state index is 12.3. The van der Waals surface area contributed by atoms with Gasteiger partial charge in [-0.05, 0) is 31.9 Å². The molecule has 0 heterocycles. The van der Waals surface area contributed by atoms with Crippen molar-refractivity contribution in [3.63, 3.8) is 0 Å². The maximum atomic E-state index is 12.3. The van der Waals surface area contributed by atoms with Gasteiger partial charge in [0.1, 0.15) is 0 Å². The number of amides is 2. The van der Waals surface area contributed by atoms with Crippen LogP contribution in [0.3, 0.4) is 0 Å². The molecule has 1 aromatic carbocycles. The van der Waals surface area contributed by atoms with Gasteiger partial charge in [-0.25, -0.2) is 4.79 Å². The molecule has 1 aliphatic rings. The lowest BCUT2D eigenvalue weighted by Gasteiger charge is -2.15. The number of hydrogen-bond donors (Lipinski definition) is 1. The molecule has 0 aliphatic heterocycles. The molecule has 0 aromatic heterocycles. The summed E-state index contributed by atoms with van der Waals surface area (Å²) >= 11 is 1.28. The van der Waals surface area contributed by atoms with Crippen LogP contribution in [0.5, 0.6) is 0 Å². The van der Waals surface area contributed by atoms with Crippen molar-refractivity contribution < 1.29 is 19.1 Å². The van der Waals surface area contributed by atoms with E-state index < -0.39 is 12.1 Å². The first kappa shape index (κ1) is 18.3. The molecule has 24 heavy (non-hydrogen) atoms. The minimum Gasteiger partial charge on any atom is -0.449 e. The van der Waals surface area contributed by atoms with Gasteiger partial charge in [-0.1, -0.05) is 12.1 Å². The molecule has 1 N–H and O–H groups in total. The van der Waals surface area contributed by atoms with Crippen LogP contribution >= 0.6 is 11.8 Å². The quantitative estimate of drug-likeness (QED) is 0.598. The fourth-order valence-corrected chi connectivity index (χ4v) is 2.87. The molecule has 0 radical (unpaired) electrons. The number of carbonyl (C=O) groups excluding carboxylic acids is 3. The largest absolute Gasteiger partial charge is 0.449 e. The second-order valence-corrected chi connectivity index (χ2v) is 6.92. The molecule has 1 unspecified atom stereocenters. The number of nitrogens with one attached hydrogen (secondary N) is 1. The monoisotopic (exact) mass is 350 g/mol. The second-order valence-electron chi connectivity index (χ2n) is 5.90. The first-order chi connectivity index (χ1) is 11.4. The van der Waals surface area contributed by atoms with E-state index in [0.29, 0.717) is 10.5 Å². The number of ether oxygens (including phenoxy) is 1. The van der Waals surface area contributed by atoms with Gasteiger partial charge in [0, 0.05) is 25.0 Å². The van der Waals surface area contributed by atoms with Crippen LogP contribution in [0.25, 0.3) is 0 Å². The molecule has 7 heteroatoms. The highest BCUT2D eigenvalue weighted by atomic mass is 32.2. The van der Waals surface area contributed by atoms with Gasteiger partial charge in [0.05, 0.1) is 11.3 Å². The number of carbonyl (C=O) groups is 3. The predicted molar refractivity (Wildman–Crippen MR) is 91.9 cm³/mol. The van der Waals surface area contributed by atoms with Crippen molar-refractivity contribution in [2.24, 2.45) is 0 Å². The van der Waals surface area contributed by atoms with E-state index in [4.69, 9.17) is 4.74 Å². The lowest BCUT2D eigenvalue weighted by atomic mass is 10.2. The smallest absolute Gasteiger partial charge is 0.340 e. The summed E-state index contributed by atoms with van der Waals surface area (Å²) in [6.07, 6.45) is 1.11. The first-order valence-electron chi connectivity index (χ1n) is 7.82. The van der Waals surface area contributed by atoms with Crippen molar-refractivity contribution in [2.45, 2.75) is 36.8 Å². The average Bonchev–Trinajstić information content (AvgIpc) is 3.36. The maximum Gasteiger partial charge on any atom is 0.340 e. The van der Waals surface area contributed by atoms with Crippen molar-refractivity contribution >= 4 is 29.5 Å². The Morgan fingerprint density at radius 3 is 2.58 bits per heavy atom. The predicted octanol–water partition coefficient (Wildman–Crippen LogP) is 1.69. The summed E-state index contributed by atoms with van der Waals surface area (Å²) in [5.41, 5.74) is 0.361. The number of rotatable bonds is 7. The molecule has 0 saturated heterocycles. The van der Waals surface area contributed by atoms with Crippen LogP contribution in [0.4, 0.5) is 0 Å². The van der Waals surface area contributed by atoms with Crippen molar-refractivity contribution in [3.05, 3.63) is 29.8 Å². The number of nitrogens with zero attached hydrogens (tertiary/aromatic N) is 1. The second kappa shape index (κ2) is 8.19. The van der Waals surface area contributed by atoms with Gasteiger partial charge in [0.2, 0.25) is 5.91 Å². The third-order valence-electron chi connectivity index (χ3n) is 3.53. The van der Waals surface area contributed by atoms with Crippen LogP contribution in [0, 0.1) is 0 Å². The number of esters is 1. The first-order valence-corrected chi connectivity index (χ1v) is 8.80. The molecular weight excluding hydrogens is 328 g/mol. The van der Waals surface area contributed by atoms with E-state index >= 15 is 0 Å². The Morgan fingerprint density at radius 2 is 1.96 bits per heavy atom. The third kappa shape index (κ3) is 5.26. The Labute approximate surface area is 145 Å². The lowest BCUT2D eigenvalue weighted by molar-refractivity contribution is -0.129. The molecule has 1 atom stereocenters. The number of thioether (sulfide) groups is 1. The fourth-order valence-electron chi connectivity index (χ4n) is 1.85. The molecule has 130 valence electrons. The Bertz CT molecular complexity index is 629. The molecule has 6 nitrogen and oxygen atoms in total. The third-order valence-corrected chi connectivity index (χ3v) is 4.59. The van der Waals surface area contributed by atoms with Gasteiger partial charge in [-0.15, -0.1) is 11.8 Å².